The highest BCUT2D eigenvalue weighted by Crippen LogP contribution is 2.18. The van der Waals surface area contributed by atoms with Crippen molar-refractivity contribution in [2.24, 2.45) is 0 Å². The van der Waals surface area contributed by atoms with Crippen LogP contribution in [0.2, 0.25) is 0 Å². The van der Waals surface area contributed by atoms with Crippen LogP contribution in [0, 0.1) is 0 Å². The molecule has 2 aromatic carbocycles. The maximum Gasteiger partial charge on any atom is 0.251 e. The fraction of sp³-hybridized carbons (Fsp3) is 0.188. The van der Waals surface area contributed by atoms with Crippen molar-refractivity contribution >= 4 is 11.6 Å². The minimum atomic E-state index is -0.138. The van der Waals surface area contributed by atoms with E-state index >= 15 is 0 Å². The summed E-state index contributed by atoms with van der Waals surface area (Å²) in [5, 5.41) is 2.94. The summed E-state index contributed by atoms with van der Waals surface area (Å²) < 4.78 is 5.11. The molecule has 0 saturated carbocycles. The van der Waals surface area contributed by atoms with Gasteiger partial charge in [0.05, 0.1) is 13.2 Å². The fourth-order valence-corrected chi connectivity index (χ4v) is 1.94. The van der Waals surface area contributed by atoms with Crippen molar-refractivity contribution in [1.29, 1.82) is 0 Å². The molecular weight excluding hydrogens is 252 g/mol. The van der Waals surface area contributed by atoms with Crippen LogP contribution in [-0.4, -0.2) is 13.0 Å². The van der Waals surface area contributed by atoms with Crippen molar-refractivity contribution < 1.29 is 9.53 Å². The lowest BCUT2D eigenvalue weighted by molar-refractivity contribution is 0.0940. The minimum Gasteiger partial charge on any atom is -0.497 e. The highest BCUT2D eigenvalue weighted by Gasteiger charge is 2.11. The van der Waals surface area contributed by atoms with Crippen molar-refractivity contribution in [1.82, 2.24) is 5.32 Å². The zero-order chi connectivity index (χ0) is 14.5. The second-order valence-electron chi connectivity index (χ2n) is 4.59. The van der Waals surface area contributed by atoms with E-state index in [1.807, 2.05) is 31.2 Å². The molecule has 0 radical (unpaired) electrons. The third-order valence-electron chi connectivity index (χ3n) is 3.11. The number of hydrogen-bond acceptors (Lipinski definition) is 3. The van der Waals surface area contributed by atoms with Gasteiger partial charge in [-0.25, -0.2) is 0 Å². The Morgan fingerprint density at radius 2 is 1.90 bits per heavy atom. The predicted molar refractivity (Wildman–Crippen MR) is 79.7 cm³/mol. The molecule has 0 aromatic heterocycles. The fourth-order valence-electron chi connectivity index (χ4n) is 1.94. The van der Waals surface area contributed by atoms with E-state index in [9.17, 15) is 4.79 Å². The average molecular weight is 270 g/mol. The van der Waals surface area contributed by atoms with Gasteiger partial charge in [0.15, 0.2) is 0 Å². The van der Waals surface area contributed by atoms with Crippen molar-refractivity contribution in [2.45, 2.75) is 13.0 Å². The van der Waals surface area contributed by atoms with E-state index < -0.39 is 0 Å². The molecule has 0 aliphatic rings. The molecule has 0 aliphatic heterocycles. The van der Waals surface area contributed by atoms with Crippen LogP contribution in [0.1, 0.15) is 28.9 Å². The lowest BCUT2D eigenvalue weighted by Crippen LogP contribution is -2.26. The van der Waals surface area contributed by atoms with Gasteiger partial charge in [-0.1, -0.05) is 18.2 Å². The number of nitrogens with two attached hydrogens (primary N) is 1. The van der Waals surface area contributed by atoms with Gasteiger partial charge < -0.3 is 15.8 Å². The Morgan fingerprint density at radius 1 is 1.20 bits per heavy atom. The number of ether oxygens (including phenoxy) is 1. The molecule has 104 valence electrons. The van der Waals surface area contributed by atoms with Gasteiger partial charge in [0, 0.05) is 11.3 Å². The molecule has 1 amide bonds. The Balaban J connectivity index is 2.06. The van der Waals surface area contributed by atoms with Crippen LogP contribution in [0.15, 0.2) is 48.5 Å². The third kappa shape index (κ3) is 3.29. The quantitative estimate of drug-likeness (QED) is 0.840. The number of amides is 1. The zero-order valence-electron chi connectivity index (χ0n) is 11.6. The smallest absolute Gasteiger partial charge is 0.251 e. The largest absolute Gasteiger partial charge is 0.497 e. The number of hydrogen-bond donors (Lipinski definition) is 2. The van der Waals surface area contributed by atoms with Crippen LogP contribution in [0.5, 0.6) is 5.75 Å². The van der Waals surface area contributed by atoms with Gasteiger partial charge in [-0.05, 0) is 42.8 Å². The van der Waals surface area contributed by atoms with Gasteiger partial charge in [0.25, 0.3) is 5.91 Å². The van der Waals surface area contributed by atoms with Crippen LogP contribution in [0.3, 0.4) is 0 Å². The number of nitrogen functional groups attached to an aromatic ring is 1. The van der Waals surface area contributed by atoms with Crippen molar-refractivity contribution in [3.05, 3.63) is 59.7 Å². The van der Waals surface area contributed by atoms with Crippen LogP contribution >= 0.6 is 0 Å². The van der Waals surface area contributed by atoms with Gasteiger partial charge in [-0.3, -0.25) is 4.79 Å². The first-order valence-corrected chi connectivity index (χ1v) is 6.40. The Labute approximate surface area is 118 Å². The summed E-state index contributed by atoms with van der Waals surface area (Å²) in [6.07, 6.45) is 0. The SMILES string of the molecule is COc1ccc([C@H](C)NC(=O)c2cccc(N)c2)cc1. The van der Waals surface area contributed by atoms with Crippen molar-refractivity contribution in [3.8, 4) is 5.75 Å². The van der Waals surface area contributed by atoms with Crippen molar-refractivity contribution in [3.63, 3.8) is 0 Å². The van der Waals surface area contributed by atoms with E-state index in [-0.39, 0.29) is 11.9 Å². The van der Waals surface area contributed by atoms with E-state index in [0.717, 1.165) is 11.3 Å². The normalized spacial score (nSPS) is 11.7. The molecule has 0 saturated heterocycles. The van der Waals surface area contributed by atoms with Crippen LogP contribution in [0.25, 0.3) is 0 Å². The topological polar surface area (TPSA) is 64.3 Å². The third-order valence-corrected chi connectivity index (χ3v) is 3.11. The number of anilines is 1. The van der Waals surface area contributed by atoms with Gasteiger partial charge >= 0.3 is 0 Å². The van der Waals surface area contributed by atoms with Crippen LogP contribution in [-0.2, 0) is 0 Å². The van der Waals surface area contributed by atoms with Gasteiger partial charge in [0.2, 0.25) is 0 Å². The molecule has 0 heterocycles. The molecule has 4 nitrogen and oxygen atoms in total. The zero-order valence-corrected chi connectivity index (χ0v) is 11.6. The summed E-state index contributed by atoms with van der Waals surface area (Å²) in [6, 6.07) is 14.5. The number of rotatable bonds is 4. The molecule has 1 atom stereocenters. The van der Waals surface area contributed by atoms with Crippen molar-refractivity contribution in [2.75, 3.05) is 12.8 Å². The van der Waals surface area contributed by atoms with Crippen LogP contribution in [0.4, 0.5) is 5.69 Å². The monoisotopic (exact) mass is 270 g/mol. The number of nitrogens with one attached hydrogen (secondary N) is 1. The second-order valence-corrected chi connectivity index (χ2v) is 4.59. The second kappa shape index (κ2) is 6.10. The predicted octanol–water partition coefficient (Wildman–Crippen LogP) is 2.77. The molecule has 20 heavy (non-hydrogen) atoms. The molecule has 0 bridgehead atoms. The molecule has 2 aromatic rings. The average Bonchev–Trinajstić information content (AvgIpc) is 2.47. The molecule has 0 spiro atoms. The van der Waals surface area contributed by atoms with Gasteiger partial charge in [-0.15, -0.1) is 0 Å². The Hall–Kier alpha value is -2.49. The van der Waals surface area contributed by atoms with E-state index in [0.29, 0.717) is 11.3 Å². The Bertz CT molecular complexity index is 594. The number of benzene rings is 2. The first kappa shape index (κ1) is 13.9. The first-order valence-electron chi connectivity index (χ1n) is 6.40. The molecular formula is C16H18N2O2. The first-order chi connectivity index (χ1) is 9.60. The summed E-state index contributed by atoms with van der Waals surface area (Å²) in [4.78, 5) is 12.1. The molecule has 0 aliphatic carbocycles. The van der Waals surface area contributed by atoms with Crippen LogP contribution < -0.4 is 15.8 Å². The van der Waals surface area contributed by atoms with E-state index in [1.165, 1.54) is 0 Å². The lowest BCUT2D eigenvalue weighted by Gasteiger charge is -2.15. The highest BCUT2D eigenvalue weighted by atomic mass is 16.5. The molecule has 3 N–H and O–H groups in total. The lowest BCUT2D eigenvalue weighted by atomic mass is 10.1. The maximum atomic E-state index is 12.1. The molecule has 4 heteroatoms. The van der Waals surface area contributed by atoms with Gasteiger partial charge in [-0.2, -0.15) is 0 Å². The van der Waals surface area contributed by atoms with E-state index in [2.05, 4.69) is 5.32 Å². The number of carbonyl (C=O) groups excluding carboxylic acids is 1. The summed E-state index contributed by atoms with van der Waals surface area (Å²) in [5.74, 6) is 0.656. The summed E-state index contributed by atoms with van der Waals surface area (Å²) in [7, 11) is 1.63. The number of methoxy groups -OCH3 is 1. The molecule has 0 fully saturated rings. The molecule has 2 rings (SSSR count). The minimum absolute atomic E-state index is 0.0881. The highest BCUT2D eigenvalue weighted by molar-refractivity contribution is 5.95. The number of carbonyl (C=O) groups is 1. The maximum absolute atomic E-state index is 12.1. The standard InChI is InChI=1S/C16H18N2O2/c1-11(12-6-8-15(20-2)9-7-12)18-16(19)13-4-3-5-14(17)10-13/h3-11H,17H2,1-2H3,(H,18,19)/t11-/m0/s1. The summed E-state index contributed by atoms with van der Waals surface area (Å²) in [6.45, 7) is 1.94. The molecule has 0 unspecified atom stereocenters. The van der Waals surface area contributed by atoms with E-state index in [1.54, 1.807) is 31.4 Å². The summed E-state index contributed by atoms with van der Waals surface area (Å²) >= 11 is 0. The van der Waals surface area contributed by atoms with E-state index in [4.69, 9.17) is 10.5 Å². The Morgan fingerprint density at radius 3 is 2.50 bits per heavy atom. The summed E-state index contributed by atoms with van der Waals surface area (Å²) in [5.41, 5.74) is 7.83. The van der Waals surface area contributed by atoms with Gasteiger partial charge in [0.1, 0.15) is 5.75 Å². The Kier molecular flexibility index (Phi) is 4.25.